The van der Waals surface area contributed by atoms with Crippen molar-refractivity contribution in [2.24, 2.45) is 0 Å². The van der Waals surface area contributed by atoms with E-state index in [-0.39, 0.29) is 11.7 Å². The van der Waals surface area contributed by atoms with Crippen LogP contribution in [0.5, 0.6) is 5.75 Å². The van der Waals surface area contributed by atoms with Crippen LogP contribution in [0.15, 0.2) is 30.5 Å². The van der Waals surface area contributed by atoms with E-state index in [1.165, 1.54) is 6.20 Å². The zero-order chi connectivity index (χ0) is 15.4. The number of aromatic nitrogens is 2. The number of nitrogens with zero attached hydrogens (tertiary/aromatic N) is 2. The molecule has 0 saturated heterocycles. The fraction of sp³-hybridized carbons (Fsp3) is 0.375. The average Bonchev–Trinajstić information content (AvgIpc) is 2.83. The highest BCUT2D eigenvalue weighted by Gasteiger charge is 2.19. The summed E-state index contributed by atoms with van der Waals surface area (Å²) < 4.78 is 7.47. The monoisotopic (exact) mass is 288 g/mol. The largest absolute Gasteiger partial charge is 0.489 e. The van der Waals surface area contributed by atoms with Crippen LogP contribution < -0.4 is 4.74 Å². The van der Waals surface area contributed by atoms with Crippen LogP contribution in [-0.4, -0.2) is 27.0 Å². The van der Waals surface area contributed by atoms with E-state index in [9.17, 15) is 9.90 Å². The molecule has 0 aliphatic carbocycles. The topological polar surface area (TPSA) is 64.3 Å². The SMILES string of the molecule is CCCc1c(C(=O)O)cnn1-c1ccccc1OC(C)C. The lowest BCUT2D eigenvalue weighted by Crippen LogP contribution is -2.11. The molecule has 2 aromatic rings. The number of hydrogen-bond acceptors (Lipinski definition) is 3. The Balaban J connectivity index is 2.54. The van der Waals surface area contributed by atoms with E-state index in [0.717, 1.165) is 12.1 Å². The molecule has 1 aromatic heterocycles. The summed E-state index contributed by atoms with van der Waals surface area (Å²) in [7, 11) is 0. The first-order chi connectivity index (χ1) is 10.0. The minimum atomic E-state index is -0.952. The minimum absolute atomic E-state index is 0.0373. The predicted molar refractivity (Wildman–Crippen MR) is 80.3 cm³/mol. The maximum absolute atomic E-state index is 11.3. The molecule has 0 saturated carbocycles. The molecule has 2 rings (SSSR count). The van der Waals surface area contributed by atoms with Crippen molar-refractivity contribution in [3.8, 4) is 11.4 Å². The Morgan fingerprint density at radius 1 is 1.38 bits per heavy atom. The van der Waals surface area contributed by atoms with Gasteiger partial charge in [-0.1, -0.05) is 25.5 Å². The summed E-state index contributed by atoms with van der Waals surface area (Å²) in [6.45, 7) is 5.92. The van der Waals surface area contributed by atoms with Gasteiger partial charge in [0.15, 0.2) is 0 Å². The van der Waals surface area contributed by atoms with Crippen LogP contribution in [0.3, 0.4) is 0 Å². The first-order valence-corrected chi connectivity index (χ1v) is 7.10. The average molecular weight is 288 g/mol. The maximum Gasteiger partial charge on any atom is 0.339 e. The lowest BCUT2D eigenvalue weighted by molar-refractivity contribution is 0.0695. The molecule has 0 amide bonds. The van der Waals surface area contributed by atoms with Gasteiger partial charge in [0, 0.05) is 0 Å². The molecule has 1 aromatic carbocycles. The van der Waals surface area contributed by atoms with Gasteiger partial charge in [0.05, 0.1) is 18.0 Å². The van der Waals surface area contributed by atoms with E-state index in [0.29, 0.717) is 17.9 Å². The third-order valence-electron chi connectivity index (χ3n) is 3.04. The van der Waals surface area contributed by atoms with Gasteiger partial charge in [0.1, 0.15) is 17.0 Å². The summed E-state index contributed by atoms with van der Waals surface area (Å²) in [5.41, 5.74) is 1.71. The van der Waals surface area contributed by atoms with Crippen molar-refractivity contribution in [3.05, 3.63) is 41.7 Å². The van der Waals surface area contributed by atoms with Crippen molar-refractivity contribution in [3.63, 3.8) is 0 Å². The molecule has 5 heteroatoms. The van der Waals surface area contributed by atoms with E-state index >= 15 is 0 Å². The van der Waals surface area contributed by atoms with E-state index < -0.39 is 5.97 Å². The van der Waals surface area contributed by atoms with Gasteiger partial charge in [0.25, 0.3) is 0 Å². The second-order valence-electron chi connectivity index (χ2n) is 5.11. The summed E-state index contributed by atoms with van der Waals surface area (Å²) in [4.78, 5) is 11.3. The van der Waals surface area contributed by atoms with Gasteiger partial charge in [-0.05, 0) is 32.4 Å². The van der Waals surface area contributed by atoms with Gasteiger partial charge in [0.2, 0.25) is 0 Å². The number of carboxylic acids is 1. The van der Waals surface area contributed by atoms with E-state index in [4.69, 9.17) is 4.74 Å². The second-order valence-corrected chi connectivity index (χ2v) is 5.11. The first-order valence-electron chi connectivity index (χ1n) is 7.10. The Hall–Kier alpha value is -2.30. The minimum Gasteiger partial charge on any atom is -0.489 e. The first kappa shape index (κ1) is 15.1. The molecule has 21 heavy (non-hydrogen) atoms. The molecular weight excluding hydrogens is 268 g/mol. The quantitative estimate of drug-likeness (QED) is 0.885. The van der Waals surface area contributed by atoms with Crippen LogP contribution in [0.25, 0.3) is 5.69 Å². The lowest BCUT2D eigenvalue weighted by Gasteiger charge is -2.15. The van der Waals surface area contributed by atoms with Gasteiger partial charge in [-0.25, -0.2) is 9.48 Å². The van der Waals surface area contributed by atoms with Crippen molar-refractivity contribution in [1.82, 2.24) is 9.78 Å². The van der Waals surface area contributed by atoms with Crippen LogP contribution in [0, 0.1) is 0 Å². The normalized spacial score (nSPS) is 10.9. The Morgan fingerprint density at radius 3 is 2.71 bits per heavy atom. The van der Waals surface area contributed by atoms with E-state index in [1.54, 1.807) is 4.68 Å². The molecule has 1 N–H and O–H groups in total. The van der Waals surface area contributed by atoms with Crippen LogP contribution >= 0.6 is 0 Å². The van der Waals surface area contributed by atoms with Crippen molar-refractivity contribution < 1.29 is 14.6 Å². The molecule has 0 fully saturated rings. The molecule has 0 radical (unpaired) electrons. The molecule has 0 aliphatic rings. The third kappa shape index (κ3) is 3.24. The molecular formula is C16H20N2O3. The molecule has 0 atom stereocenters. The van der Waals surface area contributed by atoms with Gasteiger partial charge >= 0.3 is 5.97 Å². The molecule has 0 aliphatic heterocycles. The predicted octanol–water partition coefficient (Wildman–Crippen LogP) is 3.31. The highest BCUT2D eigenvalue weighted by Crippen LogP contribution is 2.26. The lowest BCUT2D eigenvalue weighted by atomic mass is 10.1. The van der Waals surface area contributed by atoms with Gasteiger partial charge < -0.3 is 9.84 Å². The van der Waals surface area contributed by atoms with Crippen molar-refractivity contribution in [1.29, 1.82) is 0 Å². The van der Waals surface area contributed by atoms with Crippen molar-refractivity contribution in [2.75, 3.05) is 0 Å². The number of carbonyl (C=O) groups is 1. The molecule has 112 valence electrons. The number of para-hydroxylation sites is 2. The zero-order valence-electron chi connectivity index (χ0n) is 12.5. The molecule has 0 spiro atoms. The Morgan fingerprint density at radius 2 is 2.10 bits per heavy atom. The smallest absolute Gasteiger partial charge is 0.339 e. The van der Waals surface area contributed by atoms with E-state index in [1.807, 2.05) is 45.0 Å². The van der Waals surface area contributed by atoms with Crippen molar-refractivity contribution >= 4 is 5.97 Å². The number of aromatic carboxylic acids is 1. The molecule has 5 nitrogen and oxygen atoms in total. The zero-order valence-corrected chi connectivity index (χ0v) is 12.5. The number of benzene rings is 1. The number of rotatable bonds is 6. The number of ether oxygens (including phenoxy) is 1. The standard InChI is InChI=1S/C16H20N2O3/c1-4-7-13-12(16(19)20)10-17-18(13)14-8-5-6-9-15(14)21-11(2)3/h5-6,8-11H,4,7H2,1-3H3,(H,19,20). The maximum atomic E-state index is 11.3. The summed E-state index contributed by atoms with van der Waals surface area (Å²) in [6.07, 6.45) is 2.94. The molecule has 1 heterocycles. The summed E-state index contributed by atoms with van der Waals surface area (Å²) in [5.74, 6) is -0.253. The van der Waals surface area contributed by atoms with Gasteiger partial charge in [-0.2, -0.15) is 5.10 Å². The number of carboxylic acid groups (broad SMARTS) is 1. The highest BCUT2D eigenvalue weighted by molar-refractivity contribution is 5.88. The third-order valence-corrected chi connectivity index (χ3v) is 3.04. The summed E-state index contributed by atoms with van der Waals surface area (Å²) >= 11 is 0. The Labute approximate surface area is 124 Å². The number of hydrogen-bond donors (Lipinski definition) is 1. The molecule has 0 bridgehead atoms. The fourth-order valence-electron chi connectivity index (χ4n) is 2.22. The van der Waals surface area contributed by atoms with Crippen LogP contribution in [0.2, 0.25) is 0 Å². The van der Waals surface area contributed by atoms with Crippen molar-refractivity contribution in [2.45, 2.75) is 39.7 Å². The van der Waals surface area contributed by atoms with Crippen LogP contribution in [-0.2, 0) is 6.42 Å². The molecule has 0 unspecified atom stereocenters. The van der Waals surface area contributed by atoms with Crippen LogP contribution in [0.4, 0.5) is 0 Å². The Kier molecular flexibility index (Phi) is 4.62. The highest BCUT2D eigenvalue weighted by atomic mass is 16.5. The fourth-order valence-corrected chi connectivity index (χ4v) is 2.22. The summed E-state index contributed by atoms with van der Waals surface area (Å²) in [6, 6.07) is 7.53. The second kappa shape index (κ2) is 6.43. The van der Waals surface area contributed by atoms with Gasteiger partial charge in [-0.3, -0.25) is 0 Å². The van der Waals surface area contributed by atoms with E-state index in [2.05, 4.69) is 5.10 Å². The summed E-state index contributed by atoms with van der Waals surface area (Å²) in [5, 5.41) is 13.5. The Bertz CT molecular complexity index is 632. The van der Waals surface area contributed by atoms with Crippen LogP contribution in [0.1, 0.15) is 43.2 Å². The van der Waals surface area contributed by atoms with Gasteiger partial charge in [-0.15, -0.1) is 0 Å².